The first-order valence-corrected chi connectivity index (χ1v) is 5.64. The van der Waals surface area contributed by atoms with Crippen molar-refractivity contribution in [2.75, 3.05) is 0 Å². The Morgan fingerprint density at radius 3 is 2.76 bits per heavy atom. The number of aromatic nitrogens is 1. The molecule has 4 nitrogen and oxygen atoms in total. The number of hydrogen-bond donors (Lipinski definition) is 1. The number of carbonyl (C=O) groups is 1. The molecule has 0 saturated carbocycles. The van der Waals surface area contributed by atoms with Crippen LogP contribution in [-0.4, -0.2) is 10.9 Å². The normalized spacial score (nSPS) is 11.9. The number of pyridine rings is 1. The van der Waals surface area contributed by atoms with Gasteiger partial charge in [-0.25, -0.2) is 0 Å². The summed E-state index contributed by atoms with van der Waals surface area (Å²) in [6, 6.07) is 7.66. The summed E-state index contributed by atoms with van der Waals surface area (Å²) in [4.78, 5) is 16.0. The Morgan fingerprint density at radius 1 is 1.53 bits per heavy atom. The van der Waals surface area contributed by atoms with E-state index >= 15 is 0 Å². The molecule has 0 fully saturated rings. The van der Waals surface area contributed by atoms with Gasteiger partial charge >= 0.3 is 0 Å². The molecular weight excluding hydrogens is 214 g/mol. The van der Waals surface area contributed by atoms with Crippen LogP contribution < -0.4 is 5.32 Å². The summed E-state index contributed by atoms with van der Waals surface area (Å²) in [5, 5.41) is 11.6. The fourth-order valence-electron chi connectivity index (χ4n) is 1.50. The summed E-state index contributed by atoms with van der Waals surface area (Å²) < 4.78 is 0. The van der Waals surface area contributed by atoms with Gasteiger partial charge in [-0.1, -0.05) is 19.9 Å². The zero-order valence-corrected chi connectivity index (χ0v) is 10.4. The van der Waals surface area contributed by atoms with Gasteiger partial charge in [0.25, 0.3) is 0 Å². The molecular formula is C13H17N3O. The Morgan fingerprint density at radius 2 is 2.24 bits per heavy atom. The van der Waals surface area contributed by atoms with E-state index in [2.05, 4.69) is 10.3 Å². The number of nitrogens with zero attached hydrogens (tertiary/aromatic N) is 2. The molecule has 0 radical (unpaired) electrons. The highest BCUT2D eigenvalue weighted by Crippen LogP contribution is 2.09. The number of hydrogen-bond acceptors (Lipinski definition) is 3. The first-order valence-electron chi connectivity index (χ1n) is 5.64. The lowest BCUT2D eigenvalue weighted by Gasteiger charge is -2.12. The van der Waals surface area contributed by atoms with Crippen LogP contribution in [0, 0.1) is 30.1 Å². The highest BCUT2D eigenvalue weighted by atomic mass is 16.1. The van der Waals surface area contributed by atoms with E-state index in [9.17, 15) is 4.79 Å². The van der Waals surface area contributed by atoms with E-state index in [4.69, 9.17) is 5.26 Å². The fraction of sp³-hybridized carbons (Fsp3) is 0.462. The van der Waals surface area contributed by atoms with Crippen molar-refractivity contribution in [3.05, 3.63) is 29.6 Å². The minimum atomic E-state index is -0.597. The van der Waals surface area contributed by atoms with Crippen LogP contribution in [0.15, 0.2) is 18.2 Å². The first-order chi connectivity index (χ1) is 8.04. The van der Waals surface area contributed by atoms with Crippen LogP contribution in [0.4, 0.5) is 0 Å². The minimum Gasteiger partial charge on any atom is -0.349 e. The van der Waals surface area contributed by atoms with Crippen molar-refractivity contribution in [1.29, 1.82) is 5.26 Å². The third-order valence-electron chi connectivity index (χ3n) is 2.48. The number of aryl methyl sites for hydroxylation is 1. The van der Waals surface area contributed by atoms with Crippen molar-refractivity contribution < 1.29 is 4.79 Å². The first kappa shape index (κ1) is 13.2. The molecule has 0 spiro atoms. The zero-order chi connectivity index (χ0) is 12.8. The minimum absolute atomic E-state index is 0.0190. The lowest BCUT2D eigenvalue weighted by atomic mass is 9.97. The predicted molar refractivity (Wildman–Crippen MR) is 64.8 cm³/mol. The van der Waals surface area contributed by atoms with E-state index in [0.29, 0.717) is 6.54 Å². The lowest BCUT2D eigenvalue weighted by Crippen LogP contribution is -2.32. The standard InChI is InChI=1S/C13H17N3O/c1-9(2)12(7-14)13(17)15-8-11-6-4-5-10(3)16-11/h4-6,9,12H,8H2,1-3H3,(H,15,17). The number of rotatable bonds is 4. The number of carbonyl (C=O) groups excluding carboxylic acids is 1. The highest BCUT2D eigenvalue weighted by molar-refractivity contribution is 5.81. The van der Waals surface area contributed by atoms with Gasteiger partial charge in [-0.2, -0.15) is 5.26 Å². The summed E-state index contributed by atoms with van der Waals surface area (Å²) in [7, 11) is 0. The second kappa shape index (κ2) is 6.00. The third kappa shape index (κ3) is 3.87. The lowest BCUT2D eigenvalue weighted by molar-refractivity contribution is -0.124. The van der Waals surface area contributed by atoms with E-state index in [1.54, 1.807) is 0 Å². The Hall–Kier alpha value is -1.89. The highest BCUT2D eigenvalue weighted by Gasteiger charge is 2.21. The molecule has 0 aliphatic heterocycles. The van der Waals surface area contributed by atoms with E-state index in [1.165, 1.54) is 0 Å². The van der Waals surface area contributed by atoms with Crippen molar-refractivity contribution >= 4 is 5.91 Å². The maximum atomic E-state index is 11.7. The van der Waals surface area contributed by atoms with Crippen LogP contribution in [0.25, 0.3) is 0 Å². The number of amides is 1. The molecule has 1 aromatic rings. The largest absolute Gasteiger partial charge is 0.349 e. The van der Waals surface area contributed by atoms with Crippen LogP contribution >= 0.6 is 0 Å². The van der Waals surface area contributed by atoms with Crippen LogP contribution in [0.2, 0.25) is 0 Å². The summed E-state index contributed by atoms with van der Waals surface area (Å²) in [6.45, 7) is 5.99. The summed E-state index contributed by atoms with van der Waals surface area (Å²) in [6.07, 6.45) is 0. The third-order valence-corrected chi connectivity index (χ3v) is 2.48. The molecule has 1 rings (SSSR count). The molecule has 1 amide bonds. The van der Waals surface area contributed by atoms with Crippen molar-refractivity contribution in [2.45, 2.75) is 27.3 Å². The summed E-state index contributed by atoms with van der Waals surface area (Å²) >= 11 is 0. The van der Waals surface area contributed by atoms with Gasteiger partial charge in [0, 0.05) is 5.69 Å². The molecule has 0 aromatic carbocycles. The van der Waals surface area contributed by atoms with Crippen LogP contribution in [-0.2, 0) is 11.3 Å². The van der Waals surface area contributed by atoms with E-state index in [1.807, 2.05) is 45.0 Å². The molecule has 1 N–H and O–H groups in total. The average Bonchev–Trinajstić information content (AvgIpc) is 2.27. The van der Waals surface area contributed by atoms with Gasteiger partial charge in [-0.15, -0.1) is 0 Å². The molecule has 0 aliphatic carbocycles. The van der Waals surface area contributed by atoms with E-state index in [-0.39, 0.29) is 11.8 Å². The fourth-order valence-corrected chi connectivity index (χ4v) is 1.50. The van der Waals surface area contributed by atoms with E-state index in [0.717, 1.165) is 11.4 Å². The Labute approximate surface area is 102 Å². The maximum absolute atomic E-state index is 11.7. The van der Waals surface area contributed by atoms with Crippen LogP contribution in [0.5, 0.6) is 0 Å². The average molecular weight is 231 g/mol. The number of nitrogens with one attached hydrogen (secondary N) is 1. The molecule has 17 heavy (non-hydrogen) atoms. The second-order valence-electron chi connectivity index (χ2n) is 4.34. The molecule has 4 heteroatoms. The molecule has 0 saturated heterocycles. The van der Waals surface area contributed by atoms with Gasteiger partial charge < -0.3 is 5.32 Å². The van der Waals surface area contributed by atoms with Crippen molar-refractivity contribution in [3.63, 3.8) is 0 Å². The van der Waals surface area contributed by atoms with Gasteiger partial charge in [0.2, 0.25) is 5.91 Å². The van der Waals surface area contributed by atoms with Gasteiger partial charge in [0.05, 0.1) is 18.3 Å². The summed E-state index contributed by atoms with van der Waals surface area (Å²) in [5.74, 6) is -0.809. The van der Waals surface area contributed by atoms with Gasteiger partial charge in [0.15, 0.2) is 0 Å². The SMILES string of the molecule is Cc1cccc(CNC(=O)C(C#N)C(C)C)n1. The van der Waals surface area contributed by atoms with Gasteiger partial charge in [-0.05, 0) is 25.0 Å². The molecule has 1 atom stereocenters. The maximum Gasteiger partial charge on any atom is 0.237 e. The van der Waals surface area contributed by atoms with Gasteiger partial charge in [0.1, 0.15) is 5.92 Å². The molecule has 1 aromatic heterocycles. The second-order valence-corrected chi connectivity index (χ2v) is 4.34. The molecule has 1 heterocycles. The van der Waals surface area contributed by atoms with Crippen LogP contribution in [0.1, 0.15) is 25.2 Å². The topological polar surface area (TPSA) is 65.8 Å². The van der Waals surface area contributed by atoms with Crippen molar-refractivity contribution in [2.24, 2.45) is 11.8 Å². The zero-order valence-electron chi connectivity index (χ0n) is 10.4. The monoisotopic (exact) mass is 231 g/mol. The van der Waals surface area contributed by atoms with Gasteiger partial charge in [-0.3, -0.25) is 9.78 Å². The molecule has 0 aliphatic rings. The Bertz CT molecular complexity index is 435. The quantitative estimate of drug-likeness (QED) is 0.859. The molecule has 90 valence electrons. The smallest absolute Gasteiger partial charge is 0.237 e. The van der Waals surface area contributed by atoms with Crippen molar-refractivity contribution in [3.8, 4) is 6.07 Å². The summed E-state index contributed by atoms with van der Waals surface area (Å²) in [5.41, 5.74) is 1.72. The van der Waals surface area contributed by atoms with E-state index < -0.39 is 5.92 Å². The predicted octanol–water partition coefficient (Wildman–Crippen LogP) is 1.80. The molecule has 0 bridgehead atoms. The van der Waals surface area contributed by atoms with Crippen LogP contribution in [0.3, 0.4) is 0 Å². The number of nitriles is 1. The Kier molecular flexibility index (Phi) is 4.65. The van der Waals surface area contributed by atoms with Crippen molar-refractivity contribution in [1.82, 2.24) is 10.3 Å². The molecule has 1 unspecified atom stereocenters. The Balaban J connectivity index is 2.57.